The third-order valence-corrected chi connectivity index (χ3v) is 28.7. The molecule has 10 heteroatoms. The van der Waals surface area contributed by atoms with Crippen LogP contribution >= 0.6 is 0 Å². The van der Waals surface area contributed by atoms with Gasteiger partial charge in [-0.1, -0.05) is 48.5 Å². The zero-order chi connectivity index (χ0) is 30.6. The highest BCUT2D eigenvalue weighted by molar-refractivity contribution is 6.91. The summed E-state index contributed by atoms with van der Waals surface area (Å²) >= 11 is 0. The number of aryl methyl sites for hydroxylation is 2. The van der Waals surface area contributed by atoms with Gasteiger partial charge in [-0.15, -0.1) is 0 Å². The van der Waals surface area contributed by atoms with E-state index in [0.717, 1.165) is 24.2 Å². The minimum atomic E-state index is -2.97. The Morgan fingerprint density at radius 1 is 0.450 bits per heavy atom. The summed E-state index contributed by atoms with van der Waals surface area (Å²) in [4.78, 5) is 0. The van der Waals surface area contributed by atoms with Crippen LogP contribution in [0.15, 0.2) is 48.5 Å². The molecule has 40 heavy (non-hydrogen) atoms. The maximum atomic E-state index is 7.24. The first-order chi connectivity index (χ1) is 18.0. The smallest absolute Gasteiger partial charge is 0.456 e. The SMILES string of the molecule is Cc1ccccc1C[Si](C)(C)O[Si](C)(O[Si](C)(C)CC[Si](C)(C)O[Si](C)(C)C)O[Si](C)(C)Cc1ccccc1C. The molecule has 0 saturated heterocycles. The predicted octanol–water partition coefficient (Wildman–Crippen LogP) is 9.46. The summed E-state index contributed by atoms with van der Waals surface area (Å²) in [5.41, 5.74) is 5.41. The highest BCUT2D eigenvalue weighted by atomic mass is 28.5. The molecule has 0 saturated carbocycles. The fraction of sp³-hybridized carbons (Fsp3) is 0.600. The average Bonchev–Trinajstić information content (AvgIpc) is 2.72. The van der Waals surface area contributed by atoms with Gasteiger partial charge in [0.2, 0.25) is 0 Å². The molecule has 0 aliphatic rings. The van der Waals surface area contributed by atoms with Crippen molar-refractivity contribution >= 4 is 50.4 Å². The predicted molar refractivity (Wildman–Crippen MR) is 189 cm³/mol. The molecule has 0 fully saturated rings. The van der Waals surface area contributed by atoms with Crippen molar-refractivity contribution in [3.05, 3.63) is 70.8 Å². The van der Waals surface area contributed by atoms with Crippen LogP contribution in [0.5, 0.6) is 0 Å². The Balaban J connectivity index is 2.33. The molecule has 2 aromatic carbocycles. The van der Waals surface area contributed by atoms with Crippen molar-refractivity contribution in [2.45, 2.75) is 117 Å². The second kappa shape index (κ2) is 13.5. The summed E-state index contributed by atoms with van der Waals surface area (Å²) in [5, 5.41) is 0. The summed E-state index contributed by atoms with van der Waals surface area (Å²) in [5.74, 6) is 0. The van der Waals surface area contributed by atoms with Gasteiger partial charge >= 0.3 is 8.80 Å². The third kappa shape index (κ3) is 12.8. The largest absolute Gasteiger partial charge is 0.466 e. The Morgan fingerprint density at radius 3 is 1.12 bits per heavy atom. The van der Waals surface area contributed by atoms with Gasteiger partial charge in [-0.3, -0.25) is 0 Å². The number of benzene rings is 2. The van der Waals surface area contributed by atoms with E-state index in [1.165, 1.54) is 22.3 Å². The van der Waals surface area contributed by atoms with Crippen molar-refractivity contribution in [3.63, 3.8) is 0 Å². The first kappa shape index (κ1) is 35.8. The van der Waals surface area contributed by atoms with E-state index in [9.17, 15) is 0 Å². The minimum Gasteiger partial charge on any atom is -0.456 e. The Hall–Kier alpha value is -0.419. The molecule has 0 amide bonds. The molecule has 0 spiro atoms. The van der Waals surface area contributed by atoms with Gasteiger partial charge in [-0.05, 0) is 132 Å². The number of hydrogen-bond donors (Lipinski definition) is 0. The van der Waals surface area contributed by atoms with Crippen LogP contribution in [-0.2, 0) is 28.5 Å². The van der Waals surface area contributed by atoms with Crippen LogP contribution in [0.1, 0.15) is 22.3 Å². The van der Waals surface area contributed by atoms with Crippen molar-refractivity contribution < 1.29 is 16.5 Å². The Morgan fingerprint density at radius 2 is 0.775 bits per heavy atom. The Kier molecular flexibility index (Phi) is 12.1. The van der Waals surface area contributed by atoms with Crippen LogP contribution in [0.4, 0.5) is 0 Å². The van der Waals surface area contributed by atoms with Crippen LogP contribution in [0.25, 0.3) is 0 Å². The molecule has 2 aromatic rings. The molecule has 2 rings (SSSR count). The molecule has 226 valence electrons. The molecule has 0 N–H and O–H groups in total. The minimum absolute atomic E-state index is 0.959. The van der Waals surface area contributed by atoms with Crippen LogP contribution < -0.4 is 0 Å². The van der Waals surface area contributed by atoms with Gasteiger partial charge in [0.15, 0.2) is 41.6 Å². The van der Waals surface area contributed by atoms with Crippen molar-refractivity contribution in [2.24, 2.45) is 0 Å². The summed E-state index contributed by atoms with van der Waals surface area (Å²) in [7, 11) is -12.7. The monoisotopic (exact) mass is 650 g/mol. The lowest BCUT2D eigenvalue weighted by Crippen LogP contribution is -2.61. The normalized spacial score (nSPS) is 14.1. The number of hydrogen-bond acceptors (Lipinski definition) is 4. The molecule has 0 atom stereocenters. The van der Waals surface area contributed by atoms with E-state index in [1.807, 2.05) is 0 Å². The van der Waals surface area contributed by atoms with E-state index in [2.05, 4.69) is 141 Å². The van der Waals surface area contributed by atoms with Crippen molar-refractivity contribution in [2.75, 3.05) is 0 Å². The second-order valence-corrected chi connectivity index (χ2v) is 40.1. The summed E-state index contributed by atoms with van der Waals surface area (Å²) in [6, 6.07) is 21.5. The first-order valence-electron chi connectivity index (χ1n) is 14.9. The van der Waals surface area contributed by atoms with Crippen LogP contribution in [0, 0.1) is 13.8 Å². The molecule has 0 aliphatic heterocycles. The van der Waals surface area contributed by atoms with Gasteiger partial charge in [0, 0.05) is 6.55 Å². The van der Waals surface area contributed by atoms with Crippen LogP contribution in [0.2, 0.25) is 90.7 Å². The maximum absolute atomic E-state index is 7.24. The Bertz CT molecular complexity index is 1050. The maximum Gasteiger partial charge on any atom is 0.466 e. The zero-order valence-electron chi connectivity index (χ0n) is 28.1. The van der Waals surface area contributed by atoms with Crippen molar-refractivity contribution in [3.8, 4) is 0 Å². The van der Waals surface area contributed by atoms with Gasteiger partial charge in [-0.2, -0.15) is 0 Å². The lowest BCUT2D eigenvalue weighted by molar-refractivity contribution is 0.257. The first-order valence-corrected chi connectivity index (χ1v) is 33.0. The van der Waals surface area contributed by atoms with Gasteiger partial charge < -0.3 is 16.5 Å². The lowest BCUT2D eigenvalue weighted by Gasteiger charge is -2.44. The highest BCUT2D eigenvalue weighted by Crippen LogP contribution is 2.32. The molecule has 0 aromatic heterocycles. The third-order valence-electron chi connectivity index (χ3n) is 7.05. The van der Waals surface area contributed by atoms with Crippen molar-refractivity contribution in [1.82, 2.24) is 0 Å². The molecule has 0 radical (unpaired) electrons. The number of rotatable bonds is 15. The van der Waals surface area contributed by atoms with Crippen molar-refractivity contribution in [1.29, 1.82) is 0 Å². The molecule has 4 nitrogen and oxygen atoms in total. The van der Waals surface area contributed by atoms with E-state index in [0.29, 0.717) is 0 Å². The van der Waals surface area contributed by atoms with Crippen LogP contribution in [-0.4, -0.2) is 50.4 Å². The topological polar surface area (TPSA) is 36.9 Å². The average molecular weight is 651 g/mol. The molecule has 0 aliphatic carbocycles. The van der Waals surface area contributed by atoms with E-state index >= 15 is 0 Å². The Labute approximate surface area is 253 Å². The molecular formula is C30H58O4Si6. The van der Waals surface area contributed by atoms with Gasteiger partial charge in [0.1, 0.15) is 0 Å². The fourth-order valence-electron chi connectivity index (χ4n) is 5.71. The van der Waals surface area contributed by atoms with Gasteiger partial charge in [0.25, 0.3) is 0 Å². The quantitative estimate of drug-likeness (QED) is 0.180. The van der Waals surface area contributed by atoms with Gasteiger partial charge in [0.05, 0.1) is 0 Å². The lowest BCUT2D eigenvalue weighted by atomic mass is 10.1. The summed E-state index contributed by atoms with van der Waals surface area (Å²) in [6.45, 7) is 32.3. The van der Waals surface area contributed by atoms with E-state index in [-0.39, 0.29) is 0 Å². The van der Waals surface area contributed by atoms with E-state index in [4.69, 9.17) is 16.5 Å². The standard InChI is InChI=1S/C30H58O4Si6/c1-27-19-15-17-21-29(27)25-38(10,11)33-40(14,34-39(12,13)26-30-22-18-16-20-28(30)2)32-37(8,9)24-23-36(6,7)31-35(3,4)5/h15-22H,23-26H2,1-14H3. The van der Waals surface area contributed by atoms with E-state index in [1.54, 1.807) is 0 Å². The zero-order valence-corrected chi connectivity index (χ0v) is 34.1. The molecule has 0 unspecified atom stereocenters. The summed E-state index contributed by atoms with van der Waals surface area (Å²) in [6.07, 6.45) is 0. The molecule has 0 heterocycles. The summed E-state index contributed by atoms with van der Waals surface area (Å²) < 4.78 is 28.4. The highest BCUT2D eigenvalue weighted by Gasteiger charge is 2.49. The second-order valence-electron chi connectivity index (χ2n) is 15.1. The van der Waals surface area contributed by atoms with Crippen LogP contribution in [0.3, 0.4) is 0 Å². The molecular weight excluding hydrogens is 593 g/mol. The molecule has 0 bridgehead atoms. The van der Waals surface area contributed by atoms with Gasteiger partial charge in [-0.25, -0.2) is 0 Å². The van der Waals surface area contributed by atoms with E-state index < -0.39 is 50.4 Å². The fourth-order valence-corrected chi connectivity index (χ4v) is 34.8.